The molecule has 2 N–H and O–H groups in total. The first kappa shape index (κ1) is 36.7. The molecule has 270 valence electrons. The average Bonchev–Trinajstić information content (AvgIpc) is 3.36. The Labute approximate surface area is 301 Å². The Kier molecular flexibility index (Phi) is 11.2. The van der Waals surface area contributed by atoms with Crippen LogP contribution in [0.5, 0.6) is 11.5 Å². The molecule has 3 aromatic rings. The fourth-order valence-electron chi connectivity index (χ4n) is 8.67. The van der Waals surface area contributed by atoms with Crippen molar-refractivity contribution >= 4 is 31.1 Å². The molecule has 50 heavy (non-hydrogen) atoms. The van der Waals surface area contributed by atoms with E-state index in [0.29, 0.717) is 54.7 Å². The molecule has 1 saturated carbocycles. The molecule has 0 aliphatic heterocycles. The number of benzene rings is 2. The minimum atomic E-state index is -3.80. The van der Waals surface area contributed by atoms with Crippen molar-refractivity contribution in [3.8, 4) is 11.5 Å². The van der Waals surface area contributed by atoms with Crippen LogP contribution in [0, 0.1) is 11.8 Å². The number of phosphoric acid groups is 1. The number of hydrogen-bond acceptors (Lipinski definition) is 8. The molecule has 1 heterocycles. The number of halogens is 1. The Hall–Kier alpha value is -3.10. The van der Waals surface area contributed by atoms with Crippen molar-refractivity contribution < 1.29 is 32.8 Å². The molecule has 0 saturated heterocycles. The summed E-state index contributed by atoms with van der Waals surface area (Å²) in [6.07, 6.45) is 9.11. The molecule has 1 aromatic heterocycles. The zero-order valence-corrected chi connectivity index (χ0v) is 31.2. The predicted octanol–water partition coefficient (Wildman–Crippen LogP) is 9.76. The summed E-state index contributed by atoms with van der Waals surface area (Å²) in [6, 6.07) is 15.1. The quantitative estimate of drug-likeness (QED) is 0.157. The lowest BCUT2D eigenvalue weighted by molar-refractivity contribution is -0.144. The number of fused-ring (bicyclic) bond motifs is 3. The van der Waals surface area contributed by atoms with Gasteiger partial charge in [-0.3, -0.25) is 14.0 Å². The van der Waals surface area contributed by atoms with Gasteiger partial charge in [-0.1, -0.05) is 37.6 Å². The van der Waals surface area contributed by atoms with Crippen LogP contribution < -0.4 is 14.6 Å². The number of nitrogens with zero attached hydrogens (tertiary/aromatic N) is 1. The lowest BCUT2D eigenvalue weighted by Gasteiger charge is -2.47. The first-order chi connectivity index (χ1) is 24.0. The average molecular weight is 725 g/mol. The van der Waals surface area contributed by atoms with Gasteiger partial charge in [0.1, 0.15) is 17.0 Å². The molecule has 9 nitrogen and oxygen atoms in total. The van der Waals surface area contributed by atoms with Crippen LogP contribution >= 0.6 is 19.4 Å². The normalized spacial score (nSPS) is 25.1. The molecule has 1 fully saturated rings. The van der Waals surface area contributed by atoms with Crippen molar-refractivity contribution in [1.29, 1.82) is 0 Å². The van der Waals surface area contributed by atoms with Crippen molar-refractivity contribution in [2.75, 3.05) is 25.1 Å². The fourth-order valence-corrected chi connectivity index (χ4v) is 10.0. The van der Waals surface area contributed by atoms with E-state index in [1.54, 1.807) is 26.0 Å². The minimum Gasteiger partial charge on any atom is -0.493 e. The number of phosphoric ester groups is 1. The van der Waals surface area contributed by atoms with Crippen molar-refractivity contribution in [2.45, 2.75) is 102 Å². The molecule has 3 atom stereocenters. The van der Waals surface area contributed by atoms with Crippen LogP contribution in [-0.2, 0) is 36.7 Å². The van der Waals surface area contributed by atoms with Crippen molar-refractivity contribution in [1.82, 2.24) is 4.98 Å². The van der Waals surface area contributed by atoms with E-state index in [0.717, 1.165) is 49.1 Å². The molecule has 1 unspecified atom stereocenters. The number of pyridine rings is 1. The predicted molar refractivity (Wildman–Crippen MR) is 196 cm³/mol. The molecule has 1 spiro atoms. The minimum absolute atomic E-state index is 0.187. The Morgan fingerprint density at radius 2 is 1.86 bits per heavy atom. The maximum Gasteiger partial charge on any atom is 0.530 e. The van der Waals surface area contributed by atoms with Gasteiger partial charge in [0.25, 0.3) is 0 Å². The third-order valence-electron chi connectivity index (χ3n) is 11.1. The number of rotatable bonds is 14. The van der Waals surface area contributed by atoms with Crippen molar-refractivity contribution in [2.24, 2.45) is 11.8 Å². The van der Waals surface area contributed by atoms with Crippen LogP contribution in [0.1, 0.15) is 101 Å². The second-order valence-corrected chi connectivity index (χ2v) is 16.4. The Balaban J connectivity index is 1.27. The van der Waals surface area contributed by atoms with E-state index in [9.17, 15) is 14.5 Å². The van der Waals surface area contributed by atoms with Crippen molar-refractivity contribution in [3.63, 3.8) is 0 Å². The number of carbonyl (C=O) groups is 1. The number of aliphatic carboxylic acids is 1. The monoisotopic (exact) mass is 724 g/mol. The highest BCUT2D eigenvalue weighted by molar-refractivity contribution is 7.48. The first-order valence-corrected chi connectivity index (χ1v) is 19.9. The fraction of sp³-hybridized carbons (Fsp3) is 0.538. The summed E-state index contributed by atoms with van der Waals surface area (Å²) in [6.45, 7) is 8.96. The lowest BCUT2D eigenvalue weighted by atomic mass is 9.59. The first-order valence-electron chi connectivity index (χ1n) is 18.1. The van der Waals surface area contributed by atoms with Crippen LogP contribution in [0.2, 0.25) is 5.02 Å². The molecule has 6 rings (SSSR count). The molecule has 3 aliphatic carbocycles. The summed E-state index contributed by atoms with van der Waals surface area (Å²) >= 11 is 6.27. The molecular formula is C39H50ClN2O7P. The van der Waals surface area contributed by atoms with Gasteiger partial charge in [0, 0.05) is 28.2 Å². The molecule has 0 amide bonds. The van der Waals surface area contributed by atoms with E-state index in [1.165, 1.54) is 11.1 Å². The second kappa shape index (κ2) is 15.2. The summed E-state index contributed by atoms with van der Waals surface area (Å²) in [5.74, 6) is 1.43. The van der Waals surface area contributed by atoms with Gasteiger partial charge in [-0.2, -0.15) is 0 Å². The van der Waals surface area contributed by atoms with Gasteiger partial charge in [-0.15, -0.1) is 0 Å². The van der Waals surface area contributed by atoms with Gasteiger partial charge in [0.2, 0.25) is 0 Å². The summed E-state index contributed by atoms with van der Waals surface area (Å²) in [5.41, 5.74) is 4.00. The van der Waals surface area contributed by atoms with E-state index >= 15 is 0 Å². The maximum absolute atomic E-state index is 13.3. The van der Waals surface area contributed by atoms with E-state index in [-0.39, 0.29) is 30.5 Å². The zero-order chi connectivity index (χ0) is 35.5. The van der Waals surface area contributed by atoms with Gasteiger partial charge >= 0.3 is 13.8 Å². The van der Waals surface area contributed by atoms with Gasteiger partial charge < -0.3 is 19.7 Å². The van der Waals surface area contributed by atoms with Gasteiger partial charge in [-0.05, 0) is 142 Å². The van der Waals surface area contributed by atoms with E-state index in [2.05, 4.69) is 30.2 Å². The van der Waals surface area contributed by atoms with E-state index < -0.39 is 19.3 Å². The van der Waals surface area contributed by atoms with Crippen LogP contribution in [0.4, 0.5) is 5.69 Å². The number of carboxylic acids is 1. The van der Waals surface area contributed by atoms with Gasteiger partial charge in [-0.25, -0.2) is 9.36 Å². The third kappa shape index (κ3) is 7.57. The number of nitrogens with one attached hydrogen (secondary N) is 1. The SMILES string of the molecule is CCOP(=O)(OCC)Oc1ccc2c(c1)C1(CCC(Nc3cccc(Cl)c3)(C(=O)O)CC1)C(C[C@@H](C)COc1ccnc3c1[C@H](C)CCC3)C2. The molecule has 3 aliphatic rings. The second-order valence-electron chi connectivity index (χ2n) is 14.4. The summed E-state index contributed by atoms with van der Waals surface area (Å²) in [7, 11) is -3.80. The largest absolute Gasteiger partial charge is 0.530 e. The maximum atomic E-state index is 13.3. The number of carboxylic acid groups (broad SMARTS) is 1. The summed E-state index contributed by atoms with van der Waals surface area (Å²) < 4.78 is 36.7. The highest BCUT2D eigenvalue weighted by Crippen LogP contribution is 2.58. The molecule has 11 heteroatoms. The van der Waals surface area contributed by atoms with E-state index in [4.69, 9.17) is 29.9 Å². The Bertz CT molecular complexity index is 1720. The van der Waals surface area contributed by atoms with Gasteiger partial charge in [0.05, 0.1) is 19.8 Å². The number of ether oxygens (including phenoxy) is 1. The number of aryl methyl sites for hydroxylation is 1. The highest BCUT2D eigenvalue weighted by atomic mass is 35.5. The number of anilines is 1. The van der Waals surface area contributed by atoms with Gasteiger partial charge in [0.15, 0.2) is 0 Å². The lowest BCUT2D eigenvalue weighted by Crippen LogP contribution is -2.53. The van der Waals surface area contributed by atoms with Crippen LogP contribution in [0.3, 0.4) is 0 Å². The topological polar surface area (TPSA) is 116 Å². The highest BCUT2D eigenvalue weighted by Gasteiger charge is 2.54. The number of hydrogen-bond donors (Lipinski definition) is 2. The summed E-state index contributed by atoms with van der Waals surface area (Å²) in [4.78, 5) is 17.6. The van der Waals surface area contributed by atoms with E-state index in [1.807, 2.05) is 36.5 Å². The molecule has 2 aromatic carbocycles. The smallest absolute Gasteiger partial charge is 0.493 e. The van der Waals surface area contributed by atoms with Crippen LogP contribution in [0.15, 0.2) is 54.7 Å². The third-order valence-corrected chi connectivity index (χ3v) is 12.9. The number of aromatic nitrogens is 1. The van der Waals surface area contributed by atoms with Crippen LogP contribution in [0.25, 0.3) is 0 Å². The van der Waals surface area contributed by atoms with Crippen LogP contribution in [-0.4, -0.2) is 41.4 Å². The molecular weight excluding hydrogens is 675 g/mol. The molecule has 0 radical (unpaired) electrons. The standard InChI is InChI=1S/C39H50ClN2O7P/c1-5-47-50(45,48-6-2)49-32-14-13-28-22-29(21-26(3)25-46-35-15-20-41-34-12-7-9-27(4)36(34)35)38(33(28)24-32)16-18-39(19-17-38,37(43)44)42-31-11-8-10-30(40)23-31/h8,10-11,13-15,20,23-24,26-27,29,42H,5-7,9,12,16-19,21-22,25H2,1-4H3,(H,43,44)/t26-,27-,29?,38?,39?/m1/s1. The molecule has 0 bridgehead atoms. The Morgan fingerprint density at radius 1 is 1.10 bits per heavy atom. The zero-order valence-electron chi connectivity index (χ0n) is 29.6. The van der Waals surface area contributed by atoms with Crippen molar-refractivity contribution in [3.05, 3.63) is 82.1 Å². The Morgan fingerprint density at radius 3 is 2.56 bits per heavy atom. The summed E-state index contributed by atoms with van der Waals surface area (Å²) in [5, 5.41) is 14.5.